The van der Waals surface area contributed by atoms with Crippen LogP contribution in [0.4, 0.5) is 5.82 Å². The molecule has 6 heteroatoms. The lowest BCUT2D eigenvalue weighted by Gasteiger charge is -2.31. The van der Waals surface area contributed by atoms with Gasteiger partial charge in [-0.1, -0.05) is 39.0 Å². The van der Waals surface area contributed by atoms with Gasteiger partial charge in [-0.3, -0.25) is 4.79 Å². The second kappa shape index (κ2) is 10.6. The fourth-order valence-corrected chi connectivity index (χ4v) is 5.32. The first-order valence-electron chi connectivity index (χ1n) is 12.5. The lowest BCUT2D eigenvalue weighted by atomic mass is 9.90. The minimum absolute atomic E-state index is 0.169. The molecule has 2 aromatic rings. The van der Waals surface area contributed by atoms with Crippen LogP contribution in [0.2, 0.25) is 0 Å². The van der Waals surface area contributed by atoms with Crippen molar-refractivity contribution >= 4 is 22.6 Å². The van der Waals surface area contributed by atoms with E-state index in [1.54, 1.807) is 4.68 Å². The fourth-order valence-electron chi connectivity index (χ4n) is 5.32. The minimum atomic E-state index is 0.169. The number of hydrogen-bond acceptors (Lipinski definition) is 5. The van der Waals surface area contributed by atoms with E-state index in [0.29, 0.717) is 24.1 Å². The number of nitrogens with zero attached hydrogens (tertiary/aromatic N) is 4. The van der Waals surface area contributed by atoms with Crippen LogP contribution in [-0.4, -0.2) is 51.1 Å². The van der Waals surface area contributed by atoms with Gasteiger partial charge in [-0.05, 0) is 69.8 Å². The van der Waals surface area contributed by atoms with Crippen LogP contribution < -0.4 is 5.32 Å². The Labute approximate surface area is 186 Å². The van der Waals surface area contributed by atoms with Crippen molar-refractivity contribution in [3.63, 3.8) is 0 Å². The Kier molecular flexibility index (Phi) is 7.59. The first kappa shape index (κ1) is 22.3. The molecule has 0 amide bonds. The number of hydrogen-bond donors (Lipinski definition) is 1. The summed E-state index contributed by atoms with van der Waals surface area (Å²) in [4.78, 5) is 20.4. The van der Waals surface area contributed by atoms with E-state index in [1.165, 1.54) is 57.9 Å². The number of carbonyl (C=O) groups is 1. The molecule has 0 radical (unpaired) electrons. The number of anilines is 1. The molecule has 0 atom stereocenters. The van der Waals surface area contributed by atoms with Crippen LogP contribution in [0.5, 0.6) is 0 Å². The maximum absolute atomic E-state index is 13.1. The van der Waals surface area contributed by atoms with Gasteiger partial charge in [-0.2, -0.15) is 5.10 Å². The number of ketones is 1. The standard InChI is InChI=1S/C25H39N5O/c1-3-15-30-16-13-19(14-17-30)18-22(31)24-21-11-12-23(27-25(21)29(2)28-24)26-20-9-7-5-4-6-8-10-20/h11-12,19-20H,3-10,13-18H2,1-2H3,(H,26,27). The molecule has 1 N–H and O–H groups in total. The molecule has 2 aromatic heterocycles. The van der Waals surface area contributed by atoms with Gasteiger partial charge in [0.2, 0.25) is 0 Å². The summed E-state index contributed by atoms with van der Waals surface area (Å²) in [5.74, 6) is 1.55. The number of aromatic nitrogens is 3. The zero-order valence-corrected chi connectivity index (χ0v) is 19.4. The van der Waals surface area contributed by atoms with Crippen molar-refractivity contribution in [1.29, 1.82) is 0 Å². The number of likely N-dealkylation sites (tertiary alicyclic amines) is 1. The number of fused-ring (bicyclic) bond motifs is 1. The molecule has 3 heterocycles. The van der Waals surface area contributed by atoms with Gasteiger partial charge in [0.1, 0.15) is 11.5 Å². The van der Waals surface area contributed by atoms with Gasteiger partial charge in [0, 0.05) is 19.5 Å². The average Bonchev–Trinajstić information content (AvgIpc) is 3.08. The summed E-state index contributed by atoms with van der Waals surface area (Å²) in [5, 5.41) is 9.11. The third-order valence-electron chi connectivity index (χ3n) is 7.13. The van der Waals surface area contributed by atoms with Crippen molar-refractivity contribution in [2.24, 2.45) is 13.0 Å². The van der Waals surface area contributed by atoms with Gasteiger partial charge in [-0.15, -0.1) is 0 Å². The normalized spacial score (nSPS) is 19.9. The first-order valence-corrected chi connectivity index (χ1v) is 12.5. The van der Waals surface area contributed by atoms with Crippen LogP contribution in [0.3, 0.4) is 0 Å². The molecule has 1 aliphatic carbocycles. The highest BCUT2D eigenvalue weighted by molar-refractivity contribution is 6.05. The molecule has 0 unspecified atom stereocenters. The van der Waals surface area contributed by atoms with Crippen molar-refractivity contribution in [3.8, 4) is 0 Å². The Bertz CT molecular complexity index is 860. The molecule has 2 aliphatic rings. The summed E-state index contributed by atoms with van der Waals surface area (Å²) in [6.45, 7) is 5.64. The molecule has 4 rings (SSSR count). The van der Waals surface area contributed by atoms with Crippen molar-refractivity contribution < 1.29 is 4.79 Å². The van der Waals surface area contributed by atoms with E-state index in [9.17, 15) is 4.79 Å². The Hall–Kier alpha value is -1.95. The van der Waals surface area contributed by atoms with Gasteiger partial charge in [0.15, 0.2) is 11.4 Å². The minimum Gasteiger partial charge on any atom is -0.367 e. The molecule has 170 valence electrons. The van der Waals surface area contributed by atoms with Crippen LogP contribution in [0, 0.1) is 5.92 Å². The molecule has 2 fully saturated rings. The summed E-state index contributed by atoms with van der Waals surface area (Å²) in [6.07, 6.45) is 13.1. The zero-order valence-electron chi connectivity index (χ0n) is 19.4. The lowest BCUT2D eigenvalue weighted by Crippen LogP contribution is -2.34. The van der Waals surface area contributed by atoms with E-state index < -0.39 is 0 Å². The second-order valence-electron chi connectivity index (χ2n) is 9.64. The van der Waals surface area contributed by atoms with E-state index in [-0.39, 0.29) is 5.78 Å². The van der Waals surface area contributed by atoms with E-state index in [1.807, 2.05) is 19.2 Å². The number of nitrogens with one attached hydrogen (secondary N) is 1. The first-order chi connectivity index (χ1) is 15.1. The Morgan fingerprint density at radius 3 is 2.48 bits per heavy atom. The van der Waals surface area contributed by atoms with E-state index >= 15 is 0 Å². The highest BCUT2D eigenvalue weighted by atomic mass is 16.1. The molecule has 31 heavy (non-hydrogen) atoms. The molecule has 6 nitrogen and oxygen atoms in total. The van der Waals surface area contributed by atoms with E-state index in [0.717, 1.165) is 42.8 Å². The average molecular weight is 426 g/mol. The Morgan fingerprint density at radius 1 is 1.06 bits per heavy atom. The molecule has 1 saturated carbocycles. The topological polar surface area (TPSA) is 63.1 Å². The third-order valence-corrected chi connectivity index (χ3v) is 7.13. The number of piperidine rings is 1. The van der Waals surface area contributed by atoms with Crippen LogP contribution in [-0.2, 0) is 7.05 Å². The predicted octanol–water partition coefficient (Wildman–Crippen LogP) is 5.19. The smallest absolute Gasteiger partial charge is 0.184 e. The van der Waals surface area contributed by atoms with E-state index in [2.05, 4.69) is 22.2 Å². The summed E-state index contributed by atoms with van der Waals surface area (Å²) >= 11 is 0. The zero-order chi connectivity index (χ0) is 21.6. The van der Waals surface area contributed by atoms with Crippen LogP contribution in [0.1, 0.15) is 88.0 Å². The van der Waals surface area contributed by atoms with Crippen LogP contribution in [0.15, 0.2) is 12.1 Å². The van der Waals surface area contributed by atoms with Crippen molar-refractivity contribution in [2.45, 2.75) is 83.6 Å². The van der Waals surface area contributed by atoms with Crippen molar-refractivity contribution in [1.82, 2.24) is 19.7 Å². The monoisotopic (exact) mass is 425 g/mol. The van der Waals surface area contributed by atoms with Gasteiger partial charge >= 0.3 is 0 Å². The summed E-state index contributed by atoms with van der Waals surface area (Å²) < 4.78 is 1.77. The highest BCUT2D eigenvalue weighted by Gasteiger charge is 2.24. The number of Topliss-reactive ketones (excluding diaryl/α,β-unsaturated/α-hetero) is 1. The quantitative estimate of drug-likeness (QED) is 0.619. The number of rotatable bonds is 7. The molecular formula is C25H39N5O. The largest absolute Gasteiger partial charge is 0.367 e. The van der Waals surface area contributed by atoms with Gasteiger partial charge < -0.3 is 10.2 Å². The predicted molar refractivity (Wildman–Crippen MR) is 127 cm³/mol. The Morgan fingerprint density at radius 2 is 1.77 bits per heavy atom. The molecule has 1 aliphatic heterocycles. The summed E-state index contributed by atoms with van der Waals surface area (Å²) in [6, 6.07) is 4.57. The summed E-state index contributed by atoms with van der Waals surface area (Å²) in [7, 11) is 1.90. The summed E-state index contributed by atoms with van der Waals surface area (Å²) in [5.41, 5.74) is 1.40. The van der Waals surface area contributed by atoms with Crippen molar-refractivity contribution in [3.05, 3.63) is 17.8 Å². The maximum Gasteiger partial charge on any atom is 0.184 e. The highest BCUT2D eigenvalue weighted by Crippen LogP contribution is 2.26. The SMILES string of the molecule is CCCN1CCC(CC(=O)c2nn(C)c3nc(NC4CCCCCCC4)ccc23)CC1. The molecule has 0 bridgehead atoms. The second-order valence-corrected chi connectivity index (χ2v) is 9.64. The number of aryl methyl sites for hydroxylation is 1. The molecule has 0 aromatic carbocycles. The maximum atomic E-state index is 13.1. The Balaban J connectivity index is 1.41. The lowest BCUT2D eigenvalue weighted by molar-refractivity contribution is 0.0924. The number of carbonyl (C=O) groups excluding carboxylic acids is 1. The van der Waals surface area contributed by atoms with Gasteiger partial charge in [0.25, 0.3) is 0 Å². The van der Waals surface area contributed by atoms with Crippen molar-refractivity contribution in [2.75, 3.05) is 25.0 Å². The van der Waals surface area contributed by atoms with E-state index in [4.69, 9.17) is 4.98 Å². The molecular weight excluding hydrogens is 386 g/mol. The van der Waals surface area contributed by atoms with Crippen LogP contribution >= 0.6 is 0 Å². The molecule has 0 spiro atoms. The van der Waals surface area contributed by atoms with Crippen LogP contribution in [0.25, 0.3) is 11.0 Å². The third kappa shape index (κ3) is 5.65. The fraction of sp³-hybridized carbons (Fsp3) is 0.720. The van der Waals surface area contributed by atoms with Gasteiger partial charge in [0.05, 0.1) is 5.39 Å². The number of pyridine rings is 1. The van der Waals surface area contributed by atoms with Gasteiger partial charge in [-0.25, -0.2) is 9.67 Å². The molecule has 1 saturated heterocycles.